The first kappa shape index (κ1) is 10.5. The van der Waals surface area contributed by atoms with Gasteiger partial charge in [-0.05, 0) is 12.1 Å². The molecule has 0 amide bonds. The molecule has 1 N–H and O–H groups in total. The Kier molecular flexibility index (Phi) is 3.59. The van der Waals surface area contributed by atoms with Gasteiger partial charge in [0.15, 0.2) is 0 Å². The molecular weight excluding hydrogens is 186 g/mol. The number of hydrogen-bond donors (Lipinski definition) is 1. The lowest BCUT2D eigenvalue weighted by molar-refractivity contribution is 0.243. The summed E-state index contributed by atoms with van der Waals surface area (Å²) in [5, 5.41) is 3.37. The predicted octanol–water partition coefficient (Wildman–Crippen LogP) is 0.985. The molecule has 1 heterocycles. The Balaban J connectivity index is 1.88. The van der Waals surface area contributed by atoms with Crippen molar-refractivity contribution in [1.82, 2.24) is 10.2 Å². The van der Waals surface area contributed by atoms with E-state index in [9.17, 15) is 0 Å². The van der Waals surface area contributed by atoms with Crippen LogP contribution < -0.4 is 10.2 Å². The molecule has 3 heteroatoms. The Hall–Kier alpha value is -1.06. The third kappa shape index (κ3) is 2.94. The first-order chi connectivity index (χ1) is 7.36. The Morgan fingerprint density at radius 2 is 1.87 bits per heavy atom. The Bertz CT molecular complexity index is 280. The maximum absolute atomic E-state index is 3.37. The topological polar surface area (TPSA) is 18.5 Å². The van der Waals surface area contributed by atoms with Crippen molar-refractivity contribution in [3.05, 3.63) is 30.3 Å². The first-order valence-corrected chi connectivity index (χ1v) is 5.55. The highest BCUT2D eigenvalue weighted by Crippen LogP contribution is 2.11. The minimum Gasteiger partial charge on any atom is -0.362 e. The molecule has 0 aromatic heterocycles. The number of nitrogens with zero attached hydrogens (tertiary/aromatic N) is 2. The van der Waals surface area contributed by atoms with Crippen LogP contribution in [0.4, 0.5) is 5.69 Å². The zero-order valence-corrected chi connectivity index (χ0v) is 9.32. The molecule has 1 fully saturated rings. The summed E-state index contributed by atoms with van der Waals surface area (Å²) in [6.45, 7) is 5.55. The maximum Gasteiger partial charge on any atom is 0.0704 e. The number of nitrogens with one attached hydrogen (secondary N) is 1. The van der Waals surface area contributed by atoms with Crippen LogP contribution in [0.15, 0.2) is 30.3 Å². The quantitative estimate of drug-likeness (QED) is 0.794. The molecule has 0 aliphatic carbocycles. The van der Waals surface area contributed by atoms with Crippen molar-refractivity contribution < 1.29 is 0 Å². The fourth-order valence-electron chi connectivity index (χ4n) is 1.92. The molecule has 0 bridgehead atoms. The molecule has 0 saturated carbocycles. The molecule has 1 aliphatic heterocycles. The smallest absolute Gasteiger partial charge is 0.0704 e. The second-order valence-electron chi connectivity index (χ2n) is 4.04. The van der Waals surface area contributed by atoms with E-state index in [-0.39, 0.29) is 0 Å². The lowest BCUT2D eigenvalue weighted by Crippen LogP contribution is -2.47. The zero-order chi connectivity index (χ0) is 10.5. The molecule has 1 aromatic rings. The molecule has 0 spiro atoms. The van der Waals surface area contributed by atoms with Crippen molar-refractivity contribution in [2.75, 3.05) is 44.8 Å². The fourth-order valence-corrected chi connectivity index (χ4v) is 1.92. The van der Waals surface area contributed by atoms with Gasteiger partial charge in [0.1, 0.15) is 0 Å². The van der Waals surface area contributed by atoms with E-state index >= 15 is 0 Å². The van der Waals surface area contributed by atoms with Crippen LogP contribution in [-0.2, 0) is 0 Å². The van der Waals surface area contributed by atoms with Crippen LogP contribution in [0.1, 0.15) is 0 Å². The fraction of sp³-hybridized carbons (Fsp3) is 0.500. The highest BCUT2D eigenvalue weighted by Gasteiger charge is 2.11. The van der Waals surface area contributed by atoms with Gasteiger partial charge in [0.2, 0.25) is 0 Å². The normalized spacial score (nSPS) is 17.7. The van der Waals surface area contributed by atoms with Gasteiger partial charge in [-0.3, -0.25) is 4.90 Å². The summed E-state index contributed by atoms with van der Waals surface area (Å²) in [5.41, 5.74) is 1.29. The van der Waals surface area contributed by atoms with E-state index in [1.165, 1.54) is 5.69 Å². The number of para-hydroxylation sites is 1. The highest BCUT2D eigenvalue weighted by molar-refractivity contribution is 5.44. The van der Waals surface area contributed by atoms with Crippen LogP contribution in [0.5, 0.6) is 0 Å². The van der Waals surface area contributed by atoms with E-state index in [0.717, 1.165) is 32.8 Å². The van der Waals surface area contributed by atoms with Crippen LogP contribution in [0.25, 0.3) is 0 Å². The second kappa shape index (κ2) is 5.14. The van der Waals surface area contributed by atoms with Gasteiger partial charge in [0, 0.05) is 38.9 Å². The van der Waals surface area contributed by atoms with Crippen molar-refractivity contribution >= 4 is 5.69 Å². The van der Waals surface area contributed by atoms with Crippen molar-refractivity contribution in [2.24, 2.45) is 0 Å². The van der Waals surface area contributed by atoms with Gasteiger partial charge in [-0.2, -0.15) is 0 Å². The molecule has 1 aliphatic rings. The maximum atomic E-state index is 3.37. The summed E-state index contributed by atoms with van der Waals surface area (Å²) < 4.78 is 0. The first-order valence-electron chi connectivity index (χ1n) is 5.55. The van der Waals surface area contributed by atoms with Gasteiger partial charge >= 0.3 is 0 Å². The number of rotatable bonds is 3. The van der Waals surface area contributed by atoms with Gasteiger partial charge in [-0.25, -0.2) is 0 Å². The number of benzene rings is 1. The largest absolute Gasteiger partial charge is 0.362 e. The van der Waals surface area contributed by atoms with Gasteiger partial charge in [-0.1, -0.05) is 18.2 Å². The molecule has 3 nitrogen and oxygen atoms in total. The van der Waals surface area contributed by atoms with Crippen LogP contribution in [0.3, 0.4) is 0 Å². The van der Waals surface area contributed by atoms with E-state index in [0.29, 0.717) is 0 Å². The van der Waals surface area contributed by atoms with E-state index < -0.39 is 0 Å². The van der Waals surface area contributed by atoms with E-state index in [2.05, 4.69) is 52.5 Å². The van der Waals surface area contributed by atoms with Crippen molar-refractivity contribution in [1.29, 1.82) is 0 Å². The number of hydrogen-bond acceptors (Lipinski definition) is 3. The Morgan fingerprint density at radius 3 is 2.53 bits per heavy atom. The molecule has 15 heavy (non-hydrogen) atoms. The van der Waals surface area contributed by atoms with Crippen molar-refractivity contribution in [2.45, 2.75) is 0 Å². The average molecular weight is 205 g/mol. The molecule has 2 rings (SSSR count). The SMILES string of the molecule is CN(CN1CCNCC1)c1ccccc1. The minimum absolute atomic E-state index is 1.02. The summed E-state index contributed by atoms with van der Waals surface area (Å²) in [6.07, 6.45) is 0. The molecule has 0 radical (unpaired) electrons. The number of piperazine rings is 1. The summed E-state index contributed by atoms with van der Waals surface area (Å²) in [6, 6.07) is 10.5. The minimum atomic E-state index is 1.02. The highest BCUT2D eigenvalue weighted by atomic mass is 15.3. The van der Waals surface area contributed by atoms with Crippen LogP contribution in [0, 0.1) is 0 Å². The summed E-state index contributed by atoms with van der Waals surface area (Å²) >= 11 is 0. The summed E-state index contributed by atoms with van der Waals surface area (Å²) in [5.74, 6) is 0. The van der Waals surface area contributed by atoms with E-state index in [4.69, 9.17) is 0 Å². The average Bonchev–Trinajstić information content (AvgIpc) is 2.31. The zero-order valence-electron chi connectivity index (χ0n) is 9.32. The molecule has 0 unspecified atom stereocenters. The summed E-state index contributed by atoms with van der Waals surface area (Å²) in [7, 11) is 2.15. The van der Waals surface area contributed by atoms with Crippen molar-refractivity contribution in [3.8, 4) is 0 Å². The predicted molar refractivity (Wildman–Crippen MR) is 64.2 cm³/mol. The summed E-state index contributed by atoms with van der Waals surface area (Å²) in [4.78, 5) is 4.77. The lowest BCUT2D eigenvalue weighted by atomic mass is 10.3. The Morgan fingerprint density at radius 1 is 1.20 bits per heavy atom. The lowest BCUT2D eigenvalue weighted by Gasteiger charge is -2.32. The molecule has 0 atom stereocenters. The molecule has 1 saturated heterocycles. The molecule has 1 aromatic carbocycles. The monoisotopic (exact) mass is 205 g/mol. The van der Waals surface area contributed by atoms with Crippen LogP contribution >= 0.6 is 0 Å². The van der Waals surface area contributed by atoms with Gasteiger partial charge in [0.05, 0.1) is 6.67 Å². The standard InChI is InChI=1S/C12H19N3/c1-14(12-5-3-2-4-6-12)11-15-9-7-13-8-10-15/h2-6,13H,7-11H2,1H3. The van der Waals surface area contributed by atoms with Gasteiger partial charge < -0.3 is 10.2 Å². The third-order valence-corrected chi connectivity index (χ3v) is 2.82. The van der Waals surface area contributed by atoms with Crippen LogP contribution in [-0.4, -0.2) is 44.8 Å². The number of anilines is 1. The van der Waals surface area contributed by atoms with Crippen molar-refractivity contribution in [3.63, 3.8) is 0 Å². The van der Waals surface area contributed by atoms with E-state index in [1.54, 1.807) is 0 Å². The van der Waals surface area contributed by atoms with E-state index in [1.807, 2.05) is 0 Å². The third-order valence-electron chi connectivity index (χ3n) is 2.82. The molecular formula is C12H19N3. The second-order valence-corrected chi connectivity index (χ2v) is 4.04. The Labute approximate surface area is 91.7 Å². The van der Waals surface area contributed by atoms with Crippen LogP contribution in [0.2, 0.25) is 0 Å². The van der Waals surface area contributed by atoms with Gasteiger partial charge in [-0.15, -0.1) is 0 Å². The van der Waals surface area contributed by atoms with Gasteiger partial charge in [0.25, 0.3) is 0 Å². The molecule has 82 valence electrons.